The first-order valence-electron chi connectivity index (χ1n) is 3.64. The van der Waals surface area contributed by atoms with Crippen LogP contribution in [0.25, 0.3) is 0 Å². The van der Waals surface area contributed by atoms with Gasteiger partial charge in [0.25, 0.3) is 0 Å². The van der Waals surface area contributed by atoms with E-state index in [1.54, 1.807) is 11.8 Å². The zero-order chi connectivity index (χ0) is 8.36. The molecular weight excluding hydrogens is 144 g/mol. The minimum atomic E-state index is -0.548. The average molecular weight is 162 g/mol. The molecule has 0 saturated heterocycles. The molecular formula is C8H18OS. The number of hydrogen-bond donors (Lipinski definition) is 1. The first-order valence-corrected chi connectivity index (χ1v) is 4.93. The smallest absolute Gasteiger partial charge is 0.0712 e. The van der Waals surface area contributed by atoms with Crippen LogP contribution in [-0.2, 0) is 0 Å². The van der Waals surface area contributed by atoms with Gasteiger partial charge in [-0.1, -0.05) is 13.8 Å². The van der Waals surface area contributed by atoms with Gasteiger partial charge in [-0.05, 0) is 26.0 Å². The van der Waals surface area contributed by atoms with Crippen molar-refractivity contribution in [3.05, 3.63) is 0 Å². The fourth-order valence-electron chi connectivity index (χ4n) is 1.38. The number of aliphatic hydroxyl groups is 1. The molecule has 0 spiro atoms. The highest BCUT2D eigenvalue weighted by atomic mass is 32.2. The zero-order valence-electron chi connectivity index (χ0n) is 7.51. The Hall–Kier alpha value is 0.310. The van der Waals surface area contributed by atoms with Crippen molar-refractivity contribution in [3.8, 4) is 0 Å². The van der Waals surface area contributed by atoms with Crippen molar-refractivity contribution in [3.63, 3.8) is 0 Å². The van der Waals surface area contributed by atoms with Crippen LogP contribution in [0.1, 0.15) is 27.7 Å². The summed E-state index contributed by atoms with van der Waals surface area (Å²) in [5.41, 5.74) is -0.548. The van der Waals surface area contributed by atoms with Crippen LogP contribution in [-0.4, -0.2) is 22.2 Å². The third kappa shape index (κ3) is 2.93. The molecule has 1 N–H and O–H groups in total. The fraction of sp³-hybridized carbons (Fsp3) is 1.00. The molecule has 0 heterocycles. The maximum absolute atomic E-state index is 9.63. The van der Waals surface area contributed by atoms with E-state index in [1.807, 2.05) is 20.1 Å². The van der Waals surface area contributed by atoms with E-state index in [0.717, 1.165) is 0 Å². The summed E-state index contributed by atoms with van der Waals surface area (Å²) in [6, 6.07) is 0. The Morgan fingerprint density at radius 3 is 1.70 bits per heavy atom. The summed E-state index contributed by atoms with van der Waals surface area (Å²) in [7, 11) is 0. The number of rotatable bonds is 3. The highest BCUT2D eigenvalue weighted by Crippen LogP contribution is 2.27. The number of thioether (sulfide) groups is 1. The third-order valence-corrected chi connectivity index (χ3v) is 3.18. The Kier molecular flexibility index (Phi) is 3.74. The lowest BCUT2D eigenvalue weighted by Crippen LogP contribution is -2.36. The highest BCUT2D eigenvalue weighted by Gasteiger charge is 2.28. The Morgan fingerprint density at radius 1 is 1.30 bits per heavy atom. The summed E-state index contributed by atoms with van der Waals surface area (Å²) in [4.78, 5) is 0. The van der Waals surface area contributed by atoms with Gasteiger partial charge in [-0.2, -0.15) is 11.8 Å². The van der Waals surface area contributed by atoms with E-state index in [2.05, 4.69) is 13.8 Å². The summed E-state index contributed by atoms with van der Waals surface area (Å²) in [5.74, 6) is 0.537. The van der Waals surface area contributed by atoms with Crippen molar-refractivity contribution in [1.29, 1.82) is 0 Å². The highest BCUT2D eigenvalue weighted by molar-refractivity contribution is 7.99. The van der Waals surface area contributed by atoms with Crippen molar-refractivity contribution >= 4 is 11.8 Å². The first-order chi connectivity index (χ1) is 4.39. The largest absolute Gasteiger partial charge is 0.389 e. The lowest BCUT2D eigenvalue weighted by atomic mass is 9.96. The van der Waals surface area contributed by atoms with Crippen molar-refractivity contribution in [2.45, 2.75) is 38.5 Å². The normalized spacial score (nSPS) is 15.9. The Bertz CT molecular complexity index is 93.9. The van der Waals surface area contributed by atoms with Gasteiger partial charge in [-0.25, -0.2) is 0 Å². The molecule has 62 valence electrons. The van der Waals surface area contributed by atoms with Crippen LogP contribution in [0.4, 0.5) is 0 Å². The van der Waals surface area contributed by atoms with Gasteiger partial charge in [-0.15, -0.1) is 0 Å². The van der Waals surface area contributed by atoms with Crippen LogP contribution in [0.2, 0.25) is 0 Å². The molecule has 0 aliphatic heterocycles. The summed E-state index contributed by atoms with van der Waals surface area (Å²) in [5, 5.41) is 9.97. The van der Waals surface area contributed by atoms with Crippen LogP contribution < -0.4 is 0 Å². The summed E-state index contributed by atoms with van der Waals surface area (Å²) in [6.45, 7) is 8.01. The van der Waals surface area contributed by atoms with Crippen molar-refractivity contribution in [1.82, 2.24) is 0 Å². The maximum atomic E-state index is 9.63. The minimum absolute atomic E-state index is 0.340. The van der Waals surface area contributed by atoms with E-state index < -0.39 is 5.60 Å². The van der Waals surface area contributed by atoms with E-state index in [0.29, 0.717) is 11.2 Å². The van der Waals surface area contributed by atoms with Crippen molar-refractivity contribution in [2.75, 3.05) is 6.26 Å². The van der Waals surface area contributed by atoms with Gasteiger partial charge in [0, 0.05) is 5.25 Å². The van der Waals surface area contributed by atoms with Crippen LogP contribution in [0.5, 0.6) is 0 Å². The molecule has 0 aromatic carbocycles. The molecule has 2 heteroatoms. The van der Waals surface area contributed by atoms with E-state index in [4.69, 9.17) is 0 Å². The SMILES string of the molecule is CS[C@@H](C(C)C)C(C)(C)O. The summed E-state index contributed by atoms with van der Waals surface area (Å²) in [6.07, 6.45) is 2.04. The predicted octanol–water partition coefficient (Wildman–Crippen LogP) is 2.14. The lowest BCUT2D eigenvalue weighted by Gasteiger charge is -2.30. The van der Waals surface area contributed by atoms with Crippen molar-refractivity contribution < 1.29 is 5.11 Å². The molecule has 0 unspecified atom stereocenters. The standard InChI is InChI=1S/C8H18OS/c1-6(2)7(10-5)8(3,4)9/h6-7,9H,1-5H3/t7-/m0/s1. The molecule has 1 nitrogen and oxygen atoms in total. The predicted molar refractivity (Wildman–Crippen MR) is 48.4 cm³/mol. The van der Waals surface area contributed by atoms with E-state index in [-0.39, 0.29) is 0 Å². The van der Waals surface area contributed by atoms with Gasteiger partial charge in [-0.3, -0.25) is 0 Å². The second kappa shape index (κ2) is 3.63. The molecule has 10 heavy (non-hydrogen) atoms. The van der Waals surface area contributed by atoms with Gasteiger partial charge < -0.3 is 5.11 Å². The maximum Gasteiger partial charge on any atom is 0.0712 e. The second-order valence-electron chi connectivity index (χ2n) is 3.55. The molecule has 0 rings (SSSR count). The topological polar surface area (TPSA) is 20.2 Å². The van der Waals surface area contributed by atoms with Crippen LogP contribution in [0, 0.1) is 5.92 Å². The van der Waals surface area contributed by atoms with Gasteiger partial charge in [0.2, 0.25) is 0 Å². The van der Waals surface area contributed by atoms with Gasteiger partial charge in [0.15, 0.2) is 0 Å². The molecule has 1 atom stereocenters. The van der Waals surface area contributed by atoms with Crippen LogP contribution in [0.3, 0.4) is 0 Å². The Balaban J connectivity index is 4.07. The Labute approximate surface area is 68.2 Å². The second-order valence-corrected chi connectivity index (χ2v) is 4.53. The average Bonchev–Trinajstić information content (AvgIpc) is 1.60. The molecule has 0 saturated carbocycles. The molecule has 0 fully saturated rings. The number of hydrogen-bond acceptors (Lipinski definition) is 2. The molecule has 0 aliphatic rings. The molecule has 0 amide bonds. The van der Waals surface area contributed by atoms with E-state index in [9.17, 15) is 5.11 Å². The summed E-state index contributed by atoms with van der Waals surface area (Å²) >= 11 is 1.73. The molecule has 0 bridgehead atoms. The van der Waals surface area contributed by atoms with E-state index in [1.165, 1.54) is 0 Å². The quantitative estimate of drug-likeness (QED) is 0.686. The monoisotopic (exact) mass is 162 g/mol. The van der Waals surface area contributed by atoms with Crippen LogP contribution in [0.15, 0.2) is 0 Å². The van der Waals surface area contributed by atoms with Crippen LogP contribution >= 0.6 is 11.8 Å². The third-order valence-electron chi connectivity index (χ3n) is 1.56. The molecule has 0 aliphatic carbocycles. The molecule has 0 aromatic rings. The summed E-state index contributed by atoms with van der Waals surface area (Å²) < 4.78 is 0. The zero-order valence-corrected chi connectivity index (χ0v) is 8.33. The minimum Gasteiger partial charge on any atom is -0.389 e. The Morgan fingerprint density at radius 2 is 1.70 bits per heavy atom. The van der Waals surface area contributed by atoms with Gasteiger partial charge >= 0.3 is 0 Å². The fourth-order valence-corrected chi connectivity index (χ4v) is 2.50. The lowest BCUT2D eigenvalue weighted by molar-refractivity contribution is 0.0652. The van der Waals surface area contributed by atoms with Gasteiger partial charge in [0.1, 0.15) is 0 Å². The van der Waals surface area contributed by atoms with Gasteiger partial charge in [0.05, 0.1) is 5.60 Å². The molecule has 0 radical (unpaired) electrons. The van der Waals surface area contributed by atoms with E-state index >= 15 is 0 Å². The van der Waals surface area contributed by atoms with Crippen molar-refractivity contribution in [2.24, 2.45) is 5.92 Å². The first kappa shape index (κ1) is 10.3. The molecule has 0 aromatic heterocycles.